The van der Waals surface area contributed by atoms with Crippen LogP contribution in [0.3, 0.4) is 0 Å². The molecule has 1 N–H and O–H groups in total. The molecule has 86 valence electrons. The fraction of sp³-hybridized carbons (Fsp3) is 0. The normalized spacial score (nSPS) is 10.7. The summed E-state index contributed by atoms with van der Waals surface area (Å²) < 4.78 is 26.4. The number of nitrogens with one attached hydrogen (secondary N) is 1. The molecule has 17 heavy (non-hydrogen) atoms. The highest BCUT2D eigenvalue weighted by Gasteiger charge is 1.98. The minimum absolute atomic E-state index is 0.205. The van der Waals surface area contributed by atoms with E-state index in [1.807, 2.05) is 0 Å². The molecule has 4 heteroatoms. The molecule has 0 heterocycles. The van der Waals surface area contributed by atoms with Crippen molar-refractivity contribution in [2.24, 2.45) is 4.99 Å². The summed E-state index contributed by atoms with van der Waals surface area (Å²) in [5, 5.41) is 2.66. The number of hydrogen-bond acceptors (Lipinski definition) is 1. The van der Waals surface area contributed by atoms with Crippen LogP contribution in [0.15, 0.2) is 53.5 Å². The van der Waals surface area contributed by atoms with Crippen molar-refractivity contribution in [2.45, 2.75) is 0 Å². The topological polar surface area (TPSA) is 24.4 Å². The van der Waals surface area contributed by atoms with Gasteiger partial charge in [0.05, 0.1) is 12.0 Å². The molecule has 0 aliphatic heterocycles. The number of anilines is 1. The van der Waals surface area contributed by atoms with Gasteiger partial charge in [-0.3, -0.25) is 0 Å². The quantitative estimate of drug-likeness (QED) is 0.632. The van der Waals surface area contributed by atoms with Crippen molar-refractivity contribution in [1.82, 2.24) is 0 Å². The van der Waals surface area contributed by atoms with Crippen LogP contribution in [-0.2, 0) is 0 Å². The van der Waals surface area contributed by atoms with E-state index >= 15 is 0 Å². The highest BCUT2D eigenvalue weighted by molar-refractivity contribution is 5.78. The summed E-state index contributed by atoms with van der Waals surface area (Å²) in [6.45, 7) is 0. The molecular weight excluding hydrogens is 222 g/mol. The average Bonchev–Trinajstić information content (AvgIpc) is 2.34. The molecule has 0 saturated heterocycles. The predicted molar refractivity (Wildman–Crippen MR) is 64.6 cm³/mol. The van der Waals surface area contributed by atoms with Crippen LogP contribution in [0.1, 0.15) is 0 Å². The van der Waals surface area contributed by atoms with Gasteiger partial charge in [-0.2, -0.15) is 0 Å². The van der Waals surface area contributed by atoms with E-state index in [1.165, 1.54) is 24.5 Å². The molecule has 0 saturated carbocycles. The smallest absolute Gasteiger partial charge is 0.148 e. The fourth-order valence-corrected chi connectivity index (χ4v) is 1.31. The van der Waals surface area contributed by atoms with Gasteiger partial charge in [-0.1, -0.05) is 24.3 Å². The first-order valence-electron chi connectivity index (χ1n) is 5.05. The van der Waals surface area contributed by atoms with Crippen molar-refractivity contribution in [3.63, 3.8) is 0 Å². The summed E-state index contributed by atoms with van der Waals surface area (Å²) in [5.41, 5.74) is 0.504. The Balaban J connectivity index is 2.09. The van der Waals surface area contributed by atoms with E-state index in [1.54, 1.807) is 30.3 Å². The molecule has 0 aliphatic carbocycles. The van der Waals surface area contributed by atoms with E-state index in [-0.39, 0.29) is 11.5 Å². The third kappa shape index (κ3) is 2.87. The lowest BCUT2D eigenvalue weighted by Gasteiger charge is -2.01. The number of rotatable bonds is 3. The largest absolute Gasteiger partial charge is 0.344 e. The van der Waals surface area contributed by atoms with Crippen molar-refractivity contribution in [3.05, 3.63) is 60.2 Å². The zero-order valence-corrected chi connectivity index (χ0v) is 8.90. The van der Waals surface area contributed by atoms with E-state index in [0.717, 1.165) is 0 Å². The molecule has 0 unspecified atom stereocenters. The summed E-state index contributed by atoms with van der Waals surface area (Å²) in [6, 6.07) is 12.3. The Morgan fingerprint density at radius 3 is 2.24 bits per heavy atom. The van der Waals surface area contributed by atoms with Crippen LogP contribution < -0.4 is 5.32 Å². The van der Waals surface area contributed by atoms with Crippen LogP contribution in [0.25, 0.3) is 0 Å². The second kappa shape index (κ2) is 5.21. The van der Waals surface area contributed by atoms with Crippen molar-refractivity contribution < 1.29 is 8.78 Å². The van der Waals surface area contributed by atoms with Crippen molar-refractivity contribution >= 4 is 17.7 Å². The molecular formula is C13H10F2N2. The lowest BCUT2D eigenvalue weighted by molar-refractivity contribution is 0.630. The molecule has 2 aromatic rings. The first-order valence-corrected chi connectivity index (χ1v) is 5.05. The van der Waals surface area contributed by atoms with E-state index in [0.29, 0.717) is 5.69 Å². The van der Waals surface area contributed by atoms with Crippen molar-refractivity contribution in [2.75, 3.05) is 5.32 Å². The number of hydrogen-bond donors (Lipinski definition) is 1. The molecule has 0 atom stereocenters. The van der Waals surface area contributed by atoms with E-state index < -0.39 is 5.82 Å². The third-order valence-corrected chi connectivity index (χ3v) is 2.15. The maximum absolute atomic E-state index is 13.2. The molecule has 0 spiro atoms. The van der Waals surface area contributed by atoms with Gasteiger partial charge in [0, 0.05) is 0 Å². The van der Waals surface area contributed by atoms with E-state index in [4.69, 9.17) is 0 Å². The van der Waals surface area contributed by atoms with Gasteiger partial charge in [0.15, 0.2) is 0 Å². The summed E-state index contributed by atoms with van der Waals surface area (Å²) in [6.07, 6.45) is 1.26. The maximum Gasteiger partial charge on any atom is 0.148 e. The summed E-state index contributed by atoms with van der Waals surface area (Å²) in [5.74, 6) is -0.799. The summed E-state index contributed by atoms with van der Waals surface area (Å²) in [4.78, 5) is 3.86. The van der Waals surface area contributed by atoms with Crippen LogP contribution >= 0.6 is 0 Å². The first-order chi connectivity index (χ1) is 8.27. The van der Waals surface area contributed by atoms with Crippen molar-refractivity contribution in [3.8, 4) is 0 Å². The highest BCUT2D eigenvalue weighted by Crippen LogP contribution is 2.16. The molecule has 2 rings (SSSR count). The Hall–Kier alpha value is -2.23. The SMILES string of the molecule is Fc1ccccc1N=CNc1ccccc1F. The second-order valence-electron chi connectivity index (χ2n) is 3.33. The van der Waals surface area contributed by atoms with Gasteiger partial charge in [-0.25, -0.2) is 13.8 Å². The third-order valence-electron chi connectivity index (χ3n) is 2.15. The zero-order valence-electron chi connectivity index (χ0n) is 8.90. The minimum atomic E-state index is -0.418. The number of aliphatic imine (C=N–C) groups is 1. The Morgan fingerprint density at radius 1 is 0.882 bits per heavy atom. The minimum Gasteiger partial charge on any atom is -0.344 e. The Bertz CT molecular complexity index is 538. The van der Waals surface area contributed by atoms with E-state index in [2.05, 4.69) is 10.3 Å². The monoisotopic (exact) mass is 232 g/mol. The van der Waals surface area contributed by atoms with Crippen LogP contribution in [0.5, 0.6) is 0 Å². The van der Waals surface area contributed by atoms with Crippen molar-refractivity contribution in [1.29, 1.82) is 0 Å². The standard InChI is InChI=1S/C13H10F2N2/c14-10-5-1-3-7-12(10)16-9-17-13-8-4-2-6-11(13)15/h1-9H,(H,16,17). The van der Waals surface area contributed by atoms with Crippen LogP contribution in [0.2, 0.25) is 0 Å². The molecule has 0 bridgehead atoms. The Morgan fingerprint density at radius 2 is 1.53 bits per heavy atom. The zero-order chi connectivity index (χ0) is 12.1. The van der Waals surface area contributed by atoms with Crippen LogP contribution in [0.4, 0.5) is 20.2 Å². The lowest BCUT2D eigenvalue weighted by atomic mass is 10.3. The summed E-state index contributed by atoms with van der Waals surface area (Å²) in [7, 11) is 0. The van der Waals surface area contributed by atoms with Gasteiger partial charge in [0.25, 0.3) is 0 Å². The maximum atomic E-state index is 13.2. The predicted octanol–water partition coefficient (Wildman–Crippen LogP) is 3.74. The molecule has 0 aliphatic rings. The molecule has 2 aromatic carbocycles. The van der Waals surface area contributed by atoms with Gasteiger partial charge >= 0.3 is 0 Å². The molecule has 0 radical (unpaired) electrons. The number of halogens is 2. The number of nitrogens with zero attached hydrogens (tertiary/aromatic N) is 1. The fourth-order valence-electron chi connectivity index (χ4n) is 1.31. The number of benzene rings is 2. The van der Waals surface area contributed by atoms with Gasteiger partial charge in [0.2, 0.25) is 0 Å². The van der Waals surface area contributed by atoms with Gasteiger partial charge in [-0.05, 0) is 24.3 Å². The Labute approximate surface area is 97.6 Å². The molecule has 0 amide bonds. The summed E-state index contributed by atoms with van der Waals surface area (Å²) >= 11 is 0. The van der Waals surface area contributed by atoms with Crippen LogP contribution in [0, 0.1) is 11.6 Å². The van der Waals surface area contributed by atoms with Gasteiger partial charge in [-0.15, -0.1) is 0 Å². The Kier molecular flexibility index (Phi) is 3.45. The molecule has 0 aromatic heterocycles. The average molecular weight is 232 g/mol. The molecule has 0 fully saturated rings. The van der Waals surface area contributed by atoms with Gasteiger partial charge in [0.1, 0.15) is 17.3 Å². The molecule has 2 nitrogen and oxygen atoms in total. The van der Waals surface area contributed by atoms with Crippen LogP contribution in [-0.4, -0.2) is 6.34 Å². The highest BCUT2D eigenvalue weighted by atomic mass is 19.1. The number of para-hydroxylation sites is 2. The first kappa shape index (κ1) is 11.3. The van der Waals surface area contributed by atoms with Gasteiger partial charge < -0.3 is 5.32 Å². The van der Waals surface area contributed by atoms with E-state index in [9.17, 15) is 8.78 Å². The second-order valence-corrected chi connectivity index (χ2v) is 3.33. The lowest BCUT2D eigenvalue weighted by Crippen LogP contribution is -1.96.